The summed E-state index contributed by atoms with van der Waals surface area (Å²) in [6.45, 7) is 6.53. The molecule has 0 unspecified atom stereocenters. The zero-order chi connectivity index (χ0) is 18.6. The summed E-state index contributed by atoms with van der Waals surface area (Å²) in [5.41, 5.74) is 4.46. The Kier molecular flexibility index (Phi) is 5.21. The van der Waals surface area contributed by atoms with E-state index >= 15 is 0 Å². The van der Waals surface area contributed by atoms with Crippen LogP contribution in [0.15, 0.2) is 48.8 Å². The van der Waals surface area contributed by atoms with E-state index in [0.717, 1.165) is 55.6 Å². The van der Waals surface area contributed by atoms with Gasteiger partial charge < -0.3 is 9.88 Å². The van der Waals surface area contributed by atoms with Crippen molar-refractivity contribution in [3.8, 4) is 0 Å². The van der Waals surface area contributed by atoms with Crippen molar-refractivity contribution in [1.29, 1.82) is 0 Å². The molecule has 0 aliphatic carbocycles. The Bertz CT molecular complexity index is 946. The number of nitrogens with zero attached hydrogens (tertiary/aromatic N) is 3. The molecule has 1 amide bonds. The molecule has 2 aromatic heterocycles. The predicted molar refractivity (Wildman–Crippen MR) is 108 cm³/mol. The van der Waals surface area contributed by atoms with Crippen LogP contribution in [0.1, 0.15) is 34.8 Å². The van der Waals surface area contributed by atoms with Crippen LogP contribution < -0.4 is 5.32 Å². The Hall–Kier alpha value is -2.66. The van der Waals surface area contributed by atoms with Gasteiger partial charge in [0.2, 0.25) is 0 Å². The van der Waals surface area contributed by atoms with Gasteiger partial charge in [-0.15, -0.1) is 0 Å². The summed E-state index contributed by atoms with van der Waals surface area (Å²) in [4.78, 5) is 19.6. The maximum Gasteiger partial charge on any atom is 0.253 e. The average Bonchev–Trinajstić information content (AvgIpc) is 3.07. The van der Waals surface area contributed by atoms with Gasteiger partial charge in [-0.25, -0.2) is 4.98 Å². The van der Waals surface area contributed by atoms with Crippen LogP contribution >= 0.6 is 0 Å². The van der Waals surface area contributed by atoms with E-state index in [0.29, 0.717) is 6.54 Å². The van der Waals surface area contributed by atoms with Crippen LogP contribution in [0.4, 0.5) is 0 Å². The zero-order valence-electron chi connectivity index (χ0n) is 15.8. The molecule has 5 nitrogen and oxygen atoms in total. The Morgan fingerprint density at radius 2 is 2.00 bits per heavy atom. The summed E-state index contributed by atoms with van der Waals surface area (Å²) in [5.74, 6) is -0.0136. The molecule has 0 fully saturated rings. The highest BCUT2D eigenvalue weighted by Crippen LogP contribution is 2.20. The van der Waals surface area contributed by atoms with Gasteiger partial charge in [0.25, 0.3) is 5.91 Å². The third-order valence-corrected chi connectivity index (χ3v) is 5.27. The fourth-order valence-corrected chi connectivity index (χ4v) is 3.88. The van der Waals surface area contributed by atoms with E-state index in [1.165, 1.54) is 11.1 Å². The van der Waals surface area contributed by atoms with E-state index in [1.807, 2.05) is 18.3 Å². The normalized spacial score (nSPS) is 14.3. The first-order valence-electron chi connectivity index (χ1n) is 9.77. The second-order valence-corrected chi connectivity index (χ2v) is 7.16. The molecule has 0 saturated carbocycles. The van der Waals surface area contributed by atoms with Crippen LogP contribution in [-0.2, 0) is 19.5 Å². The monoisotopic (exact) mass is 362 g/mol. The summed E-state index contributed by atoms with van der Waals surface area (Å²) in [6, 6.07) is 12.5. The second-order valence-electron chi connectivity index (χ2n) is 7.16. The molecule has 0 saturated heterocycles. The summed E-state index contributed by atoms with van der Waals surface area (Å²) in [6.07, 6.45) is 5.82. The van der Waals surface area contributed by atoms with Crippen molar-refractivity contribution in [3.63, 3.8) is 0 Å². The van der Waals surface area contributed by atoms with Gasteiger partial charge in [-0.2, -0.15) is 0 Å². The standard InChI is InChI=1S/C22H26N4O/c1-2-12-26-16-20(19-8-5-10-23-21(19)26)22(27)24-11-14-25-13-9-17-6-3-4-7-18(17)15-25/h3-8,10,16H,2,9,11-15H2,1H3,(H,24,27). The Labute approximate surface area is 160 Å². The van der Waals surface area contributed by atoms with Crippen molar-refractivity contribution < 1.29 is 4.79 Å². The highest BCUT2D eigenvalue weighted by atomic mass is 16.1. The van der Waals surface area contributed by atoms with E-state index in [4.69, 9.17) is 0 Å². The second kappa shape index (κ2) is 7.92. The topological polar surface area (TPSA) is 50.2 Å². The number of aryl methyl sites for hydroxylation is 1. The molecule has 0 radical (unpaired) electrons. The molecule has 1 N–H and O–H groups in total. The molecule has 1 aliphatic heterocycles. The number of pyridine rings is 1. The number of carbonyl (C=O) groups excluding carboxylic acids is 1. The van der Waals surface area contributed by atoms with Crippen LogP contribution in [0, 0.1) is 0 Å². The minimum absolute atomic E-state index is 0.0136. The van der Waals surface area contributed by atoms with Crippen LogP contribution in [0.25, 0.3) is 11.0 Å². The van der Waals surface area contributed by atoms with Gasteiger partial charge >= 0.3 is 0 Å². The lowest BCUT2D eigenvalue weighted by molar-refractivity contribution is 0.0948. The molecule has 3 aromatic rings. The predicted octanol–water partition coefficient (Wildman–Crippen LogP) is 3.23. The minimum atomic E-state index is -0.0136. The molecule has 0 bridgehead atoms. The molecular formula is C22H26N4O. The number of nitrogens with one attached hydrogen (secondary N) is 1. The number of hydrogen-bond acceptors (Lipinski definition) is 3. The lowest BCUT2D eigenvalue weighted by Crippen LogP contribution is -2.37. The summed E-state index contributed by atoms with van der Waals surface area (Å²) in [7, 11) is 0. The largest absolute Gasteiger partial charge is 0.351 e. The van der Waals surface area contributed by atoms with E-state index in [2.05, 4.69) is 51.0 Å². The van der Waals surface area contributed by atoms with Gasteiger partial charge in [0.05, 0.1) is 5.56 Å². The Morgan fingerprint density at radius 3 is 2.85 bits per heavy atom. The molecule has 1 aromatic carbocycles. The van der Waals surface area contributed by atoms with Crippen molar-refractivity contribution >= 4 is 16.9 Å². The Morgan fingerprint density at radius 1 is 1.15 bits per heavy atom. The van der Waals surface area contributed by atoms with Crippen LogP contribution in [-0.4, -0.2) is 40.0 Å². The maximum atomic E-state index is 12.7. The number of amides is 1. The average molecular weight is 362 g/mol. The highest BCUT2D eigenvalue weighted by molar-refractivity contribution is 6.06. The third kappa shape index (κ3) is 3.74. The number of fused-ring (bicyclic) bond motifs is 2. The molecule has 0 atom stereocenters. The molecule has 1 aliphatic rings. The fraction of sp³-hybridized carbons (Fsp3) is 0.364. The van der Waals surface area contributed by atoms with Crippen LogP contribution in [0.2, 0.25) is 0 Å². The lowest BCUT2D eigenvalue weighted by Gasteiger charge is -2.28. The van der Waals surface area contributed by atoms with E-state index in [-0.39, 0.29) is 5.91 Å². The van der Waals surface area contributed by atoms with Gasteiger partial charge in [-0.3, -0.25) is 9.69 Å². The van der Waals surface area contributed by atoms with E-state index in [1.54, 1.807) is 6.20 Å². The van der Waals surface area contributed by atoms with Crippen molar-refractivity contribution in [3.05, 3.63) is 65.5 Å². The molecule has 27 heavy (non-hydrogen) atoms. The SMILES string of the molecule is CCCn1cc(C(=O)NCCN2CCc3ccccc3C2)c2cccnc21. The number of benzene rings is 1. The van der Waals surface area contributed by atoms with E-state index in [9.17, 15) is 4.79 Å². The van der Waals surface area contributed by atoms with Crippen molar-refractivity contribution in [2.75, 3.05) is 19.6 Å². The first-order valence-corrected chi connectivity index (χ1v) is 9.77. The van der Waals surface area contributed by atoms with Gasteiger partial charge in [0.15, 0.2) is 0 Å². The highest BCUT2D eigenvalue weighted by Gasteiger charge is 2.17. The maximum absolute atomic E-state index is 12.7. The summed E-state index contributed by atoms with van der Waals surface area (Å²) >= 11 is 0. The lowest BCUT2D eigenvalue weighted by atomic mass is 10.00. The van der Waals surface area contributed by atoms with E-state index < -0.39 is 0 Å². The number of rotatable bonds is 6. The van der Waals surface area contributed by atoms with Gasteiger partial charge in [0.1, 0.15) is 5.65 Å². The Balaban J connectivity index is 1.38. The van der Waals surface area contributed by atoms with Crippen molar-refractivity contribution in [2.45, 2.75) is 32.9 Å². The molecule has 3 heterocycles. The van der Waals surface area contributed by atoms with Crippen LogP contribution in [0.3, 0.4) is 0 Å². The van der Waals surface area contributed by atoms with Gasteiger partial charge in [-0.05, 0) is 36.1 Å². The summed E-state index contributed by atoms with van der Waals surface area (Å²) < 4.78 is 2.08. The molecule has 0 spiro atoms. The molecule has 4 rings (SSSR count). The number of carbonyl (C=O) groups is 1. The smallest absolute Gasteiger partial charge is 0.253 e. The molecular weight excluding hydrogens is 336 g/mol. The van der Waals surface area contributed by atoms with Crippen molar-refractivity contribution in [2.24, 2.45) is 0 Å². The first-order chi connectivity index (χ1) is 13.3. The summed E-state index contributed by atoms with van der Waals surface area (Å²) in [5, 5.41) is 4.02. The zero-order valence-corrected chi connectivity index (χ0v) is 15.8. The third-order valence-electron chi connectivity index (χ3n) is 5.27. The minimum Gasteiger partial charge on any atom is -0.351 e. The van der Waals surface area contributed by atoms with Gasteiger partial charge in [0, 0.05) is 50.5 Å². The fourth-order valence-electron chi connectivity index (χ4n) is 3.88. The quantitative estimate of drug-likeness (QED) is 0.732. The van der Waals surface area contributed by atoms with Gasteiger partial charge in [-0.1, -0.05) is 31.2 Å². The number of aromatic nitrogens is 2. The number of hydrogen-bond donors (Lipinski definition) is 1. The van der Waals surface area contributed by atoms with Crippen LogP contribution in [0.5, 0.6) is 0 Å². The van der Waals surface area contributed by atoms with Crippen molar-refractivity contribution in [1.82, 2.24) is 19.8 Å². The molecule has 140 valence electrons. The molecule has 5 heteroatoms. The first kappa shape index (κ1) is 17.7.